The van der Waals surface area contributed by atoms with Crippen LogP contribution in [0.3, 0.4) is 0 Å². The minimum Gasteiger partial charge on any atom is -0.475 e. The van der Waals surface area contributed by atoms with Gasteiger partial charge in [0.1, 0.15) is 5.69 Å². The van der Waals surface area contributed by atoms with Gasteiger partial charge < -0.3 is 31.8 Å². The molecule has 5 rings (SSSR count). The van der Waals surface area contributed by atoms with Gasteiger partial charge in [-0.2, -0.15) is 19.9 Å². The Kier molecular flexibility index (Phi) is 4.46. The fourth-order valence-electron chi connectivity index (χ4n) is 3.51. The molecule has 2 atom stereocenters. The summed E-state index contributed by atoms with van der Waals surface area (Å²) in [6.07, 6.45) is 9.03. The SMILES string of the molecule is Nc1nc(Cl)c(N)c(OC[C@@H]2C=C[C@H](n3cnc4c(NC5CC5)nc(N)nc43)C2)n1. The first-order valence-corrected chi connectivity index (χ1v) is 10.0. The third kappa shape index (κ3) is 3.52. The standard InChI is InChI=1S/C18H21ClN10O/c19-13-11(20)16(28-17(21)25-13)30-6-8-1-4-10(5-8)29-7-23-12-14(24-9-2-3-9)26-18(22)27-15(12)29/h1,4,7-10H,2-3,5-6,20H2,(H2,21,25,28)(H3,22,24,26,27)/t8-,10+/m1/s1. The number of allylic oxidation sites excluding steroid dienone is 1. The highest BCUT2D eigenvalue weighted by Gasteiger charge is 2.27. The summed E-state index contributed by atoms with van der Waals surface area (Å²) < 4.78 is 7.76. The average molecular weight is 429 g/mol. The molecule has 30 heavy (non-hydrogen) atoms. The third-order valence-corrected chi connectivity index (χ3v) is 5.47. The molecule has 1 fully saturated rings. The van der Waals surface area contributed by atoms with Crippen molar-refractivity contribution in [2.75, 3.05) is 29.1 Å². The Bertz CT molecular complexity index is 1140. The first kappa shape index (κ1) is 18.7. The van der Waals surface area contributed by atoms with Crippen molar-refractivity contribution in [2.24, 2.45) is 5.92 Å². The van der Waals surface area contributed by atoms with Crippen LogP contribution in [0.25, 0.3) is 11.2 Å². The number of halogens is 1. The van der Waals surface area contributed by atoms with E-state index < -0.39 is 0 Å². The second kappa shape index (κ2) is 7.17. The number of nitrogens with one attached hydrogen (secondary N) is 1. The van der Waals surface area contributed by atoms with E-state index in [2.05, 4.69) is 42.4 Å². The summed E-state index contributed by atoms with van der Waals surface area (Å²) in [4.78, 5) is 21.1. The lowest BCUT2D eigenvalue weighted by molar-refractivity contribution is 0.259. The molecule has 156 valence electrons. The minimum atomic E-state index is 0.0156. The molecule has 0 aliphatic heterocycles. The summed E-state index contributed by atoms with van der Waals surface area (Å²) in [5.74, 6) is 1.26. The van der Waals surface area contributed by atoms with Crippen molar-refractivity contribution in [3.8, 4) is 5.88 Å². The number of nitrogens with zero attached hydrogens (tertiary/aromatic N) is 6. The summed E-state index contributed by atoms with van der Waals surface area (Å²) in [5, 5.41) is 3.45. The molecule has 0 saturated heterocycles. The van der Waals surface area contributed by atoms with Crippen LogP contribution in [-0.4, -0.2) is 42.1 Å². The van der Waals surface area contributed by atoms with Crippen molar-refractivity contribution in [1.82, 2.24) is 29.5 Å². The van der Waals surface area contributed by atoms with Gasteiger partial charge in [0.25, 0.3) is 0 Å². The van der Waals surface area contributed by atoms with Crippen LogP contribution in [0.4, 0.5) is 23.4 Å². The third-order valence-electron chi connectivity index (χ3n) is 5.18. The molecule has 0 bridgehead atoms. The Morgan fingerprint density at radius 1 is 1.10 bits per heavy atom. The zero-order chi connectivity index (χ0) is 20.8. The van der Waals surface area contributed by atoms with E-state index in [0.717, 1.165) is 24.8 Å². The number of imidazole rings is 1. The van der Waals surface area contributed by atoms with E-state index >= 15 is 0 Å². The zero-order valence-electron chi connectivity index (χ0n) is 16.0. The van der Waals surface area contributed by atoms with Crippen molar-refractivity contribution >= 4 is 46.2 Å². The average Bonchev–Trinajstić information content (AvgIpc) is 3.22. The van der Waals surface area contributed by atoms with Crippen molar-refractivity contribution < 1.29 is 4.74 Å². The molecular formula is C18H21ClN10O. The number of fused-ring (bicyclic) bond motifs is 1. The molecule has 3 aromatic rings. The Morgan fingerprint density at radius 2 is 1.90 bits per heavy atom. The molecule has 2 aliphatic rings. The Hall–Kier alpha value is -3.34. The van der Waals surface area contributed by atoms with E-state index in [-0.39, 0.29) is 40.6 Å². The first-order valence-electron chi connectivity index (χ1n) is 9.64. The van der Waals surface area contributed by atoms with Gasteiger partial charge in [-0.1, -0.05) is 23.8 Å². The van der Waals surface area contributed by atoms with Crippen molar-refractivity contribution in [1.29, 1.82) is 0 Å². The summed E-state index contributed by atoms with van der Waals surface area (Å²) in [5.41, 5.74) is 19.0. The summed E-state index contributed by atoms with van der Waals surface area (Å²) in [7, 11) is 0. The minimum absolute atomic E-state index is 0.0156. The monoisotopic (exact) mass is 428 g/mol. The smallest absolute Gasteiger partial charge is 0.243 e. The fraction of sp³-hybridized carbons (Fsp3) is 0.389. The molecule has 7 N–H and O–H groups in total. The first-order chi connectivity index (χ1) is 14.5. The van der Waals surface area contributed by atoms with Crippen LogP contribution in [0.2, 0.25) is 5.15 Å². The lowest BCUT2D eigenvalue weighted by Gasteiger charge is -2.15. The van der Waals surface area contributed by atoms with E-state index in [1.807, 2.05) is 4.57 Å². The van der Waals surface area contributed by atoms with Crippen LogP contribution >= 0.6 is 11.6 Å². The maximum absolute atomic E-state index is 5.94. The molecule has 0 unspecified atom stereocenters. The quantitative estimate of drug-likeness (QED) is 0.335. The van der Waals surface area contributed by atoms with Gasteiger partial charge in [-0.05, 0) is 19.3 Å². The van der Waals surface area contributed by atoms with E-state index in [9.17, 15) is 0 Å². The van der Waals surface area contributed by atoms with Gasteiger partial charge in [-0.15, -0.1) is 0 Å². The zero-order valence-corrected chi connectivity index (χ0v) is 16.8. The molecule has 0 spiro atoms. The van der Waals surface area contributed by atoms with Crippen molar-refractivity contribution in [3.63, 3.8) is 0 Å². The fourth-order valence-corrected chi connectivity index (χ4v) is 3.68. The van der Waals surface area contributed by atoms with E-state index in [4.69, 9.17) is 33.5 Å². The number of ether oxygens (including phenoxy) is 1. The summed E-state index contributed by atoms with van der Waals surface area (Å²) in [6, 6.07) is 0.514. The molecule has 11 nitrogen and oxygen atoms in total. The van der Waals surface area contributed by atoms with Crippen LogP contribution in [-0.2, 0) is 0 Å². The number of rotatable bonds is 6. The number of nitrogens with two attached hydrogens (primary N) is 3. The molecule has 2 aliphatic carbocycles. The van der Waals surface area contributed by atoms with Gasteiger partial charge in [0.05, 0.1) is 19.0 Å². The molecule has 0 aromatic carbocycles. The number of hydrogen-bond donors (Lipinski definition) is 4. The second-order valence-electron chi connectivity index (χ2n) is 7.52. The molecule has 0 amide bonds. The van der Waals surface area contributed by atoms with Crippen molar-refractivity contribution in [2.45, 2.75) is 31.3 Å². The molecule has 3 heterocycles. The van der Waals surface area contributed by atoms with Crippen LogP contribution in [0.15, 0.2) is 18.5 Å². The van der Waals surface area contributed by atoms with E-state index in [0.29, 0.717) is 24.1 Å². The normalized spacial score (nSPS) is 20.7. The highest BCUT2D eigenvalue weighted by Crippen LogP contribution is 2.34. The van der Waals surface area contributed by atoms with Crippen LogP contribution in [0, 0.1) is 5.92 Å². The van der Waals surface area contributed by atoms with Gasteiger partial charge >= 0.3 is 0 Å². The lowest BCUT2D eigenvalue weighted by Crippen LogP contribution is -2.14. The molecule has 1 saturated carbocycles. The summed E-state index contributed by atoms with van der Waals surface area (Å²) in [6.45, 7) is 0.377. The van der Waals surface area contributed by atoms with Crippen LogP contribution < -0.4 is 27.3 Å². The van der Waals surface area contributed by atoms with Gasteiger partial charge in [-0.3, -0.25) is 0 Å². The predicted molar refractivity (Wildman–Crippen MR) is 114 cm³/mol. The summed E-state index contributed by atoms with van der Waals surface area (Å²) >= 11 is 5.93. The van der Waals surface area contributed by atoms with Crippen LogP contribution in [0.5, 0.6) is 5.88 Å². The largest absolute Gasteiger partial charge is 0.475 e. The Morgan fingerprint density at radius 3 is 2.70 bits per heavy atom. The highest BCUT2D eigenvalue weighted by molar-refractivity contribution is 6.32. The predicted octanol–water partition coefficient (Wildman–Crippen LogP) is 1.79. The number of anilines is 4. The highest BCUT2D eigenvalue weighted by atomic mass is 35.5. The molecule has 12 heteroatoms. The number of hydrogen-bond acceptors (Lipinski definition) is 10. The van der Waals surface area contributed by atoms with Gasteiger partial charge in [0.2, 0.25) is 17.8 Å². The second-order valence-corrected chi connectivity index (χ2v) is 7.88. The number of aromatic nitrogens is 6. The van der Waals surface area contributed by atoms with Gasteiger partial charge in [-0.25, -0.2) is 4.98 Å². The molecule has 3 aromatic heterocycles. The lowest BCUT2D eigenvalue weighted by atomic mass is 10.1. The Labute approximate surface area is 176 Å². The van der Waals surface area contributed by atoms with Gasteiger partial charge in [0.15, 0.2) is 22.1 Å². The van der Waals surface area contributed by atoms with Crippen LogP contribution in [0.1, 0.15) is 25.3 Å². The Balaban J connectivity index is 1.31. The van der Waals surface area contributed by atoms with E-state index in [1.54, 1.807) is 6.33 Å². The van der Waals surface area contributed by atoms with E-state index in [1.165, 1.54) is 0 Å². The molecular weight excluding hydrogens is 408 g/mol. The van der Waals surface area contributed by atoms with Crippen molar-refractivity contribution in [3.05, 3.63) is 23.6 Å². The molecule has 0 radical (unpaired) electrons. The van der Waals surface area contributed by atoms with Gasteiger partial charge in [0, 0.05) is 12.0 Å². The number of nitrogen functional groups attached to an aromatic ring is 3. The maximum atomic E-state index is 5.94. The topological polar surface area (TPSA) is 169 Å². The maximum Gasteiger partial charge on any atom is 0.243 e.